The van der Waals surface area contributed by atoms with E-state index in [1.165, 1.54) is 11.0 Å². The standard InChI is InChI=1S/C18H19NO3S/c1-12-3-4-14(9-13(12)2)10-18(20)19-16-6-5-15-7-8-23(21,22)17(15)11-16/h3-9,11,21-22H,10H2,1-2H3,(H,19,20). The van der Waals surface area contributed by atoms with Gasteiger partial charge in [0.1, 0.15) is 0 Å². The fraction of sp³-hybridized carbons (Fsp3) is 0.167. The van der Waals surface area contributed by atoms with Gasteiger partial charge in [0.15, 0.2) is 0 Å². The number of nitrogens with one attached hydrogen (secondary N) is 1. The van der Waals surface area contributed by atoms with E-state index in [-0.39, 0.29) is 12.3 Å². The zero-order valence-corrected chi connectivity index (χ0v) is 13.9. The molecule has 0 atom stereocenters. The summed E-state index contributed by atoms with van der Waals surface area (Å²) in [5.74, 6) is -0.129. The molecule has 1 aliphatic rings. The topological polar surface area (TPSA) is 69.6 Å². The van der Waals surface area contributed by atoms with Gasteiger partial charge >= 0.3 is 0 Å². The van der Waals surface area contributed by atoms with Gasteiger partial charge in [0, 0.05) is 11.1 Å². The van der Waals surface area contributed by atoms with Gasteiger partial charge in [0.2, 0.25) is 5.91 Å². The first-order valence-electron chi connectivity index (χ1n) is 7.31. The minimum absolute atomic E-state index is 0.129. The van der Waals surface area contributed by atoms with E-state index in [0.717, 1.165) is 16.7 Å². The first kappa shape index (κ1) is 15.8. The lowest BCUT2D eigenvalue weighted by Gasteiger charge is -2.25. The second kappa shape index (κ2) is 5.85. The van der Waals surface area contributed by atoms with Crippen LogP contribution in [-0.2, 0) is 11.2 Å². The van der Waals surface area contributed by atoms with Crippen molar-refractivity contribution in [3.8, 4) is 0 Å². The monoisotopic (exact) mass is 329 g/mol. The molecule has 0 bridgehead atoms. The van der Waals surface area contributed by atoms with Crippen molar-refractivity contribution < 1.29 is 13.9 Å². The quantitative estimate of drug-likeness (QED) is 0.772. The van der Waals surface area contributed by atoms with E-state index >= 15 is 0 Å². The summed E-state index contributed by atoms with van der Waals surface area (Å²) in [4.78, 5) is 12.7. The molecule has 120 valence electrons. The summed E-state index contributed by atoms with van der Waals surface area (Å²) < 4.78 is 19.9. The van der Waals surface area contributed by atoms with E-state index in [4.69, 9.17) is 0 Å². The van der Waals surface area contributed by atoms with E-state index in [0.29, 0.717) is 10.6 Å². The van der Waals surface area contributed by atoms with E-state index in [1.54, 1.807) is 24.3 Å². The highest BCUT2D eigenvalue weighted by Gasteiger charge is 2.22. The average Bonchev–Trinajstić information content (AvgIpc) is 2.78. The summed E-state index contributed by atoms with van der Waals surface area (Å²) in [6, 6.07) is 11.1. The minimum atomic E-state index is -2.87. The van der Waals surface area contributed by atoms with Gasteiger partial charge in [-0.2, -0.15) is 0 Å². The second-order valence-corrected chi connectivity index (χ2v) is 7.69. The maximum absolute atomic E-state index is 12.2. The number of hydrogen-bond acceptors (Lipinski definition) is 3. The highest BCUT2D eigenvalue weighted by Crippen LogP contribution is 2.56. The van der Waals surface area contributed by atoms with Crippen LogP contribution in [0.15, 0.2) is 46.7 Å². The molecule has 0 spiro atoms. The Kier molecular flexibility index (Phi) is 4.02. The number of carbonyl (C=O) groups is 1. The molecule has 4 nitrogen and oxygen atoms in total. The summed E-state index contributed by atoms with van der Waals surface area (Å²) in [7, 11) is -2.87. The molecule has 2 aromatic rings. The first-order chi connectivity index (χ1) is 10.8. The highest BCUT2D eigenvalue weighted by atomic mass is 32.3. The Morgan fingerprint density at radius 1 is 1.09 bits per heavy atom. The summed E-state index contributed by atoms with van der Waals surface area (Å²) >= 11 is 0. The predicted octanol–water partition coefficient (Wildman–Crippen LogP) is 4.58. The maximum atomic E-state index is 12.2. The number of anilines is 1. The third kappa shape index (κ3) is 3.32. The highest BCUT2D eigenvalue weighted by molar-refractivity contribution is 8.27. The van der Waals surface area contributed by atoms with Crippen molar-refractivity contribution >= 4 is 28.3 Å². The molecule has 0 saturated heterocycles. The molecule has 0 radical (unpaired) electrons. The smallest absolute Gasteiger partial charge is 0.228 e. The lowest BCUT2D eigenvalue weighted by Crippen LogP contribution is -2.14. The summed E-state index contributed by atoms with van der Waals surface area (Å²) in [6.45, 7) is 4.06. The van der Waals surface area contributed by atoms with Gasteiger partial charge in [-0.3, -0.25) is 13.9 Å². The van der Waals surface area contributed by atoms with Crippen molar-refractivity contribution in [1.82, 2.24) is 0 Å². The van der Waals surface area contributed by atoms with Crippen LogP contribution in [0.3, 0.4) is 0 Å². The van der Waals surface area contributed by atoms with E-state index < -0.39 is 10.6 Å². The normalized spacial score (nSPS) is 16.0. The molecule has 0 fully saturated rings. The molecule has 0 unspecified atom stereocenters. The number of benzene rings is 2. The molecule has 3 N–H and O–H groups in total. The molecule has 1 amide bonds. The molecule has 1 aliphatic heterocycles. The minimum Gasteiger partial charge on any atom is -0.326 e. The van der Waals surface area contributed by atoms with E-state index in [2.05, 4.69) is 5.32 Å². The maximum Gasteiger partial charge on any atom is 0.228 e. The summed E-state index contributed by atoms with van der Waals surface area (Å²) in [5.41, 5.74) is 4.66. The molecular formula is C18H19NO3S. The van der Waals surface area contributed by atoms with E-state index in [9.17, 15) is 13.9 Å². The second-order valence-electron chi connectivity index (χ2n) is 5.79. The Hall–Kier alpha value is -2.08. The molecule has 0 saturated carbocycles. The van der Waals surface area contributed by atoms with E-state index in [1.807, 2.05) is 32.0 Å². The number of fused-ring (bicyclic) bond motifs is 1. The molecule has 23 heavy (non-hydrogen) atoms. The predicted molar refractivity (Wildman–Crippen MR) is 94.8 cm³/mol. The molecule has 3 rings (SSSR count). The summed E-state index contributed by atoms with van der Waals surface area (Å²) in [6.07, 6.45) is 1.97. The fourth-order valence-electron chi connectivity index (χ4n) is 2.56. The number of aryl methyl sites for hydroxylation is 2. The van der Waals surface area contributed by atoms with Gasteiger partial charge in [-0.05, 0) is 54.3 Å². The van der Waals surface area contributed by atoms with Crippen LogP contribution in [0.4, 0.5) is 5.69 Å². The fourth-order valence-corrected chi connectivity index (χ4v) is 3.82. The van der Waals surface area contributed by atoms with Crippen molar-refractivity contribution in [1.29, 1.82) is 0 Å². The molecule has 0 aliphatic carbocycles. The van der Waals surface area contributed by atoms with Crippen LogP contribution in [0.1, 0.15) is 22.3 Å². The van der Waals surface area contributed by atoms with Crippen molar-refractivity contribution in [3.05, 3.63) is 64.1 Å². The summed E-state index contributed by atoms with van der Waals surface area (Å²) in [5, 5.41) is 4.22. The Balaban J connectivity index is 1.73. The van der Waals surface area contributed by atoms with Gasteiger partial charge in [0.05, 0.1) is 11.3 Å². The zero-order valence-electron chi connectivity index (χ0n) is 13.0. The molecule has 0 aromatic heterocycles. The molecule has 1 heterocycles. The van der Waals surface area contributed by atoms with Crippen LogP contribution < -0.4 is 5.32 Å². The van der Waals surface area contributed by atoms with Crippen LogP contribution in [0.2, 0.25) is 0 Å². The third-order valence-electron chi connectivity index (χ3n) is 3.99. The zero-order chi connectivity index (χ0) is 16.6. The Bertz CT molecular complexity index is 812. The van der Waals surface area contributed by atoms with Crippen LogP contribution in [0.25, 0.3) is 6.08 Å². The van der Waals surface area contributed by atoms with Crippen molar-refractivity contribution in [3.63, 3.8) is 0 Å². The average molecular weight is 329 g/mol. The van der Waals surface area contributed by atoms with Gasteiger partial charge in [-0.25, -0.2) is 0 Å². The van der Waals surface area contributed by atoms with Crippen molar-refractivity contribution in [2.45, 2.75) is 25.2 Å². The number of amides is 1. The largest absolute Gasteiger partial charge is 0.326 e. The van der Waals surface area contributed by atoms with Gasteiger partial charge in [-0.1, -0.05) is 24.3 Å². The lowest BCUT2D eigenvalue weighted by atomic mass is 10.0. The molecular weight excluding hydrogens is 310 g/mol. The Morgan fingerprint density at radius 3 is 2.61 bits per heavy atom. The van der Waals surface area contributed by atoms with Crippen LogP contribution in [0.5, 0.6) is 0 Å². The Morgan fingerprint density at radius 2 is 1.87 bits per heavy atom. The number of rotatable bonds is 3. The lowest BCUT2D eigenvalue weighted by molar-refractivity contribution is -0.115. The third-order valence-corrected chi connectivity index (χ3v) is 5.51. The molecule has 5 heteroatoms. The van der Waals surface area contributed by atoms with Gasteiger partial charge < -0.3 is 5.32 Å². The van der Waals surface area contributed by atoms with Crippen molar-refractivity contribution in [2.75, 3.05) is 5.32 Å². The number of carbonyl (C=O) groups excluding carboxylic acids is 1. The Labute approximate surface area is 137 Å². The van der Waals surface area contributed by atoms with Crippen LogP contribution in [-0.4, -0.2) is 15.0 Å². The van der Waals surface area contributed by atoms with Crippen LogP contribution >= 0.6 is 10.6 Å². The number of hydrogen-bond donors (Lipinski definition) is 3. The van der Waals surface area contributed by atoms with Gasteiger partial charge in [-0.15, -0.1) is 10.6 Å². The van der Waals surface area contributed by atoms with Gasteiger partial charge in [0.25, 0.3) is 0 Å². The van der Waals surface area contributed by atoms with Crippen LogP contribution in [0, 0.1) is 13.8 Å². The van der Waals surface area contributed by atoms with Crippen molar-refractivity contribution in [2.24, 2.45) is 0 Å². The molecule has 2 aromatic carbocycles. The SMILES string of the molecule is Cc1ccc(CC(=O)Nc2ccc3c(c2)S(O)(O)C=C3)cc1C. The first-order valence-corrected chi connectivity index (χ1v) is 8.92.